The Morgan fingerprint density at radius 1 is 0.769 bits per heavy atom. The number of unbranched alkanes of at least 4 members (excludes halogenated alkanes) is 3. The summed E-state index contributed by atoms with van der Waals surface area (Å²) in [6.07, 6.45) is 5.64. The Bertz CT molecular complexity index is 1540. The van der Waals surface area contributed by atoms with Crippen LogP contribution in [0.15, 0.2) is 102 Å². The molecule has 4 aromatic carbocycles. The van der Waals surface area contributed by atoms with Gasteiger partial charge in [0.05, 0.1) is 4.90 Å². The van der Waals surface area contributed by atoms with E-state index < -0.39 is 16.1 Å². The van der Waals surface area contributed by atoms with Gasteiger partial charge >= 0.3 is 0 Å². The van der Waals surface area contributed by atoms with Gasteiger partial charge in [-0.1, -0.05) is 122 Å². The van der Waals surface area contributed by atoms with E-state index in [9.17, 15) is 8.42 Å². The predicted molar refractivity (Wildman–Crippen MR) is 168 cm³/mol. The van der Waals surface area contributed by atoms with Gasteiger partial charge in [-0.15, -0.1) is 0 Å². The zero-order valence-electron chi connectivity index (χ0n) is 22.7. The highest BCUT2D eigenvalue weighted by Gasteiger charge is 2.34. The highest BCUT2D eigenvalue weighted by Crippen LogP contribution is 2.45. The van der Waals surface area contributed by atoms with Gasteiger partial charge < -0.3 is 0 Å². The average molecular weight is 574 g/mol. The molecular weight excluding hydrogens is 537 g/mol. The number of benzene rings is 4. The van der Waals surface area contributed by atoms with Crippen molar-refractivity contribution in [2.45, 2.75) is 63.9 Å². The molecule has 0 unspecified atom stereocenters. The Kier molecular flexibility index (Phi) is 8.54. The summed E-state index contributed by atoms with van der Waals surface area (Å²) in [4.78, 5) is 0.347. The van der Waals surface area contributed by atoms with Gasteiger partial charge in [0.15, 0.2) is 0 Å². The lowest BCUT2D eigenvalue weighted by Gasteiger charge is -2.27. The van der Waals surface area contributed by atoms with Crippen LogP contribution >= 0.6 is 6.04 Å². The highest BCUT2D eigenvalue weighted by atomic mass is 32.4. The summed E-state index contributed by atoms with van der Waals surface area (Å²) in [5.41, 5.74) is 4.49. The number of hydrogen-bond acceptors (Lipinski definition) is 3. The second-order valence-electron chi connectivity index (χ2n) is 10.4. The predicted octanol–water partition coefficient (Wildman–Crippen LogP) is 6.58. The van der Waals surface area contributed by atoms with Crippen LogP contribution in [0.1, 0.15) is 54.9 Å². The minimum absolute atomic E-state index is 0.347. The van der Waals surface area contributed by atoms with Crippen molar-refractivity contribution >= 4 is 43.8 Å². The topological polar surface area (TPSA) is 37.4 Å². The first kappa shape index (κ1) is 28.0. The van der Waals surface area contributed by atoms with E-state index in [0.29, 0.717) is 18.0 Å². The molecule has 5 rings (SSSR count). The van der Waals surface area contributed by atoms with Gasteiger partial charge in [0, 0.05) is 19.1 Å². The van der Waals surface area contributed by atoms with E-state index in [4.69, 9.17) is 11.8 Å². The van der Waals surface area contributed by atoms with Crippen LogP contribution in [0.5, 0.6) is 0 Å². The van der Waals surface area contributed by atoms with Crippen LogP contribution in [0.2, 0.25) is 0 Å². The molecule has 0 radical (unpaired) electrons. The number of hydrogen-bond donors (Lipinski definition) is 0. The van der Waals surface area contributed by atoms with Gasteiger partial charge in [-0.25, -0.2) is 8.42 Å². The van der Waals surface area contributed by atoms with Gasteiger partial charge in [-0.3, -0.25) is 0 Å². The minimum Gasteiger partial charge on any atom is -0.207 e. The number of fused-ring (bicyclic) bond motifs is 1. The summed E-state index contributed by atoms with van der Waals surface area (Å²) in [5.74, 6) is 0. The summed E-state index contributed by atoms with van der Waals surface area (Å²) in [6.45, 7) is 4.96. The molecule has 0 N–H and O–H groups in total. The fraction of sp³-hybridized carbons (Fsp3) is 0.273. The molecule has 0 spiro atoms. The van der Waals surface area contributed by atoms with Crippen LogP contribution in [-0.4, -0.2) is 12.7 Å². The molecule has 0 atom stereocenters. The average Bonchev–Trinajstić information content (AvgIpc) is 3.40. The summed E-state index contributed by atoms with van der Waals surface area (Å²) in [7, 11) is -3.60. The molecule has 4 aromatic rings. The van der Waals surface area contributed by atoms with E-state index in [1.165, 1.54) is 40.7 Å². The highest BCUT2D eigenvalue weighted by molar-refractivity contribution is 8.25. The van der Waals surface area contributed by atoms with Crippen molar-refractivity contribution in [1.29, 1.82) is 0 Å². The Morgan fingerprint density at radius 3 is 1.90 bits per heavy atom. The van der Waals surface area contributed by atoms with E-state index in [-0.39, 0.29) is 0 Å². The third-order valence-corrected chi connectivity index (χ3v) is 14.4. The van der Waals surface area contributed by atoms with Crippen molar-refractivity contribution in [2.75, 3.05) is 0 Å². The standard InChI is InChI=1S/C33H36NO2PS2/c1-3-4-5-8-13-27-22-28-24-34(39(35,36)32-20-18-26(2)19-21-32)25-29(28)23-33(27)37(38,30-14-9-6-10-15-30)31-16-11-7-12-17-31/h6-7,9-12,14-23H,3-5,8,13,24-25H2,1-2H3. The zero-order chi connectivity index (χ0) is 27.5. The minimum atomic E-state index is -3.60. The number of rotatable bonds is 10. The molecule has 0 aromatic heterocycles. The van der Waals surface area contributed by atoms with E-state index >= 15 is 0 Å². The number of sulfonamides is 1. The van der Waals surface area contributed by atoms with Crippen LogP contribution in [0.25, 0.3) is 0 Å². The monoisotopic (exact) mass is 573 g/mol. The van der Waals surface area contributed by atoms with E-state index in [1.54, 1.807) is 16.4 Å². The fourth-order valence-electron chi connectivity index (χ4n) is 5.43. The summed E-state index contributed by atoms with van der Waals surface area (Å²) in [6, 6.07) is 30.3. The first-order chi connectivity index (χ1) is 18.8. The SMILES string of the molecule is CCCCCCc1cc2c(cc1P(=S)(c1ccccc1)c1ccccc1)CN(S(=O)(=O)c1ccc(C)cc1)C2. The molecule has 0 bridgehead atoms. The molecule has 6 heteroatoms. The quantitative estimate of drug-likeness (QED) is 0.159. The summed E-state index contributed by atoms with van der Waals surface area (Å²) in [5, 5.41) is 3.55. The third kappa shape index (κ3) is 5.69. The van der Waals surface area contributed by atoms with Crippen LogP contribution in [0, 0.1) is 6.92 Å². The maximum absolute atomic E-state index is 13.6. The Hall–Kier alpha value is -2.56. The summed E-state index contributed by atoms with van der Waals surface area (Å²) < 4.78 is 28.8. The first-order valence-corrected chi connectivity index (χ1v) is 18.0. The second-order valence-corrected chi connectivity index (χ2v) is 16.7. The molecule has 3 nitrogen and oxygen atoms in total. The number of nitrogens with zero attached hydrogens (tertiary/aromatic N) is 1. The van der Waals surface area contributed by atoms with E-state index in [2.05, 4.69) is 67.6 Å². The lowest BCUT2D eigenvalue weighted by molar-refractivity contribution is 0.431. The second kappa shape index (κ2) is 11.9. The van der Waals surface area contributed by atoms with Crippen molar-refractivity contribution in [1.82, 2.24) is 4.31 Å². The molecule has 0 fully saturated rings. The van der Waals surface area contributed by atoms with Crippen LogP contribution < -0.4 is 15.9 Å². The molecule has 0 saturated heterocycles. The van der Waals surface area contributed by atoms with Gasteiger partial charge in [0.2, 0.25) is 10.0 Å². The van der Waals surface area contributed by atoms with Gasteiger partial charge in [0.1, 0.15) is 0 Å². The molecule has 1 aliphatic rings. The molecule has 0 saturated carbocycles. The number of aryl methyl sites for hydroxylation is 2. The smallest absolute Gasteiger partial charge is 0.207 e. The maximum atomic E-state index is 13.6. The van der Waals surface area contributed by atoms with E-state index in [1.807, 2.05) is 31.2 Å². The lowest BCUT2D eigenvalue weighted by Crippen LogP contribution is -2.28. The maximum Gasteiger partial charge on any atom is 0.243 e. The molecule has 39 heavy (non-hydrogen) atoms. The zero-order valence-corrected chi connectivity index (χ0v) is 25.2. The lowest BCUT2D eigenvalue weighted by atomic mass is 10.0. The molecule has 1 aliphatic heterocycles. The molecule has 0 amide bonds. The van der Waals surface area contributed by atoms with Gasteiger partial charge in [-0.2, -0.15) is 4.31 Å². The van der Waals surface area contributed by atoms with Crippen LogP contribution in [0.4, 0.5) is 0 Å². The molecule has 202 valence electrons. The first-order valence-electron chi connectivity index (χ1n) is 13.8. The Balaban J connectivity index is 1.61. The third-order valence-electron chi connectivity index (χ3n) is 7.63. The van der Waals surface area contributed by atoms with E-state index in [0.717, 1.165) is 29.5 Å². The largest absolute Gasteiger partial charge is 0.243 e. The van der Waals surface area contributed by atoms with Crippen molar-refractivity contribution in [3.8, 4) is 0 Å². The Labute approximate surface area is 239 Å². The van der Waals surface area contributed by atoms with Crippen LogP contribution in [0.3, 0.4) is 0 Å². The molecule has 0 aliphatic carbocycles. The Morgan fingerprint density at radius 2 is 1.33 bits per heavy atom. The van der Waals surface area contributed by atoms with Crippen LogP contribution in [-0.2, 0) is 41.3 Å². The normalized spacial score (nSPS) is 13.9. The van der Waals surface area contributed by atoms with Crippen molar-refractivity contribution < 1.29 is 8.42 Å². The van der Waals surface area contributed by atoms with Gasteiger partial charge in [0.25, 0.3) is 0 Å². The van der Waals surface area contributed by atoms with Crippen molar-refractivity contribution in [3.63, 3.8) is 0 Å². The molecule has 1 heterocycles. The molecular formula is C33H36NO2PS2. The fourth-order valence-corrected chi connectivity index (χ4v) is 11.0. The summed E-state index contributed by atoms with van der Waals surface area (Å²) >= 11 is 6.73. The van der Waals surface area contributed by atoms with Crippen molar-refractivity contribution in [2.24, 2.45) is 0 Å². The van der Waals surface area contributed by atoms with Gasteiger partial charge in [-0.05, 0) is 70.6 Å². The van der Waals surface area contributed by atoms with Crippen molar-refractivity contribution in [3.05, 3.63) is 119 Å².